The summed E-state index contributed by atoms with van der Waals surface area (Å²) in [6, 6.07) is 1.35. The molecular formula is C16H32N2O. The fourth-order valence-electron chi connectivity index (χ4n) is 3.56. The van der Waals surface area contributed by atoms with Crippen molar-refractivity contribution >= 4 is 0 Å². The zero-order chi connectivity index (χ0) is 13.8. The Morgan fingerprint density at radius 1 is 1.16 bits per heavy atom. The zero-order valence-corrected chi connectivity index (χ0v) is 13.2. The summed E-state index contributed by atoms with van der Waals surface area (Å²) in [6.45, 7) is 13.6. The van der Waals surface area contributed by atoms with E-state index in [9.17, 15) is 0 Å². The molecule has 1 saturated carbocycles. The Balaban J connectivity index is 1.82. The summed E-state index contributed by atoms with van der Waals surface area (Å²) >= 11 is 0. The Morgan fingerprint density at radius 3 is 2.68 bits per heavy atom. The van der Waals surface area contributed by atoms with Crippen molar-refractivity contribution in [2.75, 3.05) is 26.2 Å². The third-order valence-electron chi connectivity index (χ3n) is 4.89. The number of fused-ring (bicyclic) bond motifs is 1. The summed E-state index contributed by atoms with van der Waals surface area (Å²) in [5, 5.41) is 3.61. The van der Waals surface area contributed by atoms with Gasteiger partial charge in [-0.2, -0.15) is 0 Å². The summed E-state index contributed by atoms with van der Waals surface area (Å²) in [7, 11) is 0. The van der Waals surface area contributed by atoms with Gasteiger partial charge in [-0.25, -0.2) is 0 Å². The lowest BCUT2D eigenvalue weighted by atomic mass is 9.98. The van der Waals surface area contributed by atoms with Crippen LogP contribution in [0.3, 0.4) is 0 Å². The Bertz CT molecular complexity index is 269. The van der Waals surface area contributed by atoms with Crippen LogP contribution in [0.1, 0.15) is 47.0 Å². The van der Waals surface area contributed by atoms with E-state index in [-0.39, 0.29) is 0 Å². The number of nitrogens with zero attached hydrogens (tertiary/aromatic N) is 1. The SMILES string of the molecule is CC(C)CNCC(C)C(C)N1CCOC2CCCC21. The lowest BCUT2D eigenvalue weighted by Gasteiger charge is -2.43. The first-order valence-corrected chi connectivity index (χ1v) is 8.17. The Hall–Kier alpha value is -0.120. The van der Waals surface area contributed by atoms with Gasteiger partial charge in [0.15, 0.2) is 0 Å². The van der Waals surface area contributed by atoms with E-state index < -0.39 is 0 Å². The smallest absolute Gasteiger partial charge is 0.0731 e. The number of ether oxygens (including phenoxy) is 1. The van der Waals surface area contributed by atoms with Gasteiger partial charge in [0.1, 0.15) is 0 Å². The number of rotatable bonds is 6. The van der Waals surface area contributed by atoms with Gasteiger partial charge in [-0.1, -0.05) is 20.8 Å². The normalized spacial score (nSPS) is 31.4. The maximum absolute atomic E-state index is 5.92. The third kappa shape index (κ3) is 3.93. The molecule has 1 aliphatic carbocycles. The fraction of sp³-hybridized carbons (Fsp3) is 1.00. The monoisotopic (exact) mass is 268 g/mol. The second-order valence-corrected chi connectivity index (χ2v) is 6.92. The minimum atomic E-state index is 0.520. The molecule has 0 aromatic rings. The number of morpholine rings is 1. The summed E-state index contributed by atoms with van der Waals surface area (Å²) in [6.07, 6.45) is 4.47. The van der Waals surface area contributed by atoms with Crippen LogP contribution in [0.2, 0.25) is 0 Å². The van der Waals surface area contributed by atoms with Crippen LogP contribution in [0.25, 0.3) is 0 Å². The molecular weight excluding hydrogens is 236 g/mol. The summed E-state index contributed by atoms with van der Waals surface area (Å²) in [5.41, 5.74) is 0. The molecule has 2 fully saturated rings. The van der Waals surface area contributed by atoms with Crippen LogP contribution >= 0.6 is 0 Å². The van der Waals surface area contributed by atoms with E-state index in [1.54, 1.807) is 0 Å². The fourth-order valence-corrected chi connectivity index (χ4v) is 3.56. The van der Waals surface area contributed by atoms with Gasteiger partial charge >= 0.3 is 0 Å². The molecule has 4 atom stereocenters. The van der Waals surface area contributed by atoms with Crippen molar-refractivity contribution in [2.45, 2.75) is 65.1 Å². The van der Waals surface area contributed by atoms with Gasteiger partial charge in [0, 0.05) is 18.6 Å². The molecule has 0 spiro atoms. The van der Waals surface area contributed by atoms with E-state index in [0.29, 0.717) is 24.1 Å². The molecule has 1 aliphatic heterocycles. The van der Waals surface area contributed by atoms with Crippen LogP contribution in [-0.2, 0) is 4.74 Å². The summed E-state index contributed by atoms with van der Waals surface area (Å²) in [5.74, 6) is 1.45. The highest BCUT2D eigenvalue weighted by molar-refractivity contribution is 4.92. The van der Waals surface area contributed by atoms with E-state index in [1.807, 2.05) is 0 Å². The van der Waals surface area contributed by atoms with Gasteiger partial charge in [0.2, 0.25) is 0 Å². The van der Waals surface area contributed by atoms with Gasteiger partial charge in [-0.3, -0.25) is 4.90 Å². The highest BCUT2D eigenvalue weighted by Crippen LogP contribution is 2.32. The number of nitrogens with one attached hydrogen (secondary N) is 1. The standard InChI is InChI=1S/C16H32N2O/c1-12(2)10-17-11-13(3)14(4)18-8-9-19-16-7-5-6-15(16)18/h12-17H,5-11H2,1-4H3. The van der Waals surface area contributed by atoms with Crippen LogP contribution in [0, 0.1) is 11.8 Å². The second kappa shape index (κ2) is 7.05. The molecule has 19 heavy (non-hydrogen) atoms. The number of hydrogen-bond donors (Lipinski definition) is 1. The minimum Gasteiger partial charge on any atom is -0.375 e. The third-order valence-corrected chi connectivity index (χ3v) is 4.89. The zero-order valence-electron chi connectivity index (χ0n) is 13.2. The molecule has 2 rings (SSSR count). The average Bonchev–Trinajstić information content (AvgIpc) is 2.85. The molecule has 0 bridgehead atoms. The van der Waals surface area contributed by atoms with Crippen molar-refractivity contribution in [3.05, 3.63) is 0 Å². The lowest BCUT2D eigenvalue weighted by molar-refractivity contribution is -0.0761. The summed E-state index contributed by atoms with van der Waals surface area (Å²) < 4.78 is 5.92. The Morgan fingerprint density at radius 2 is 1.95 bits per heavy atom. The first-order valence-electron chi connectivity index (χ1n) is 8.17. The van der Waals surface area contributed by atoms with Crippen molar-refractivity contribution in [1.29, 1.82) is 0 Å². The number of hydrogen-bond acceptors (Lipinski definition) is 3. The largest absolute Gasteiger partial charge is 0.375 e. The topological polar surface area (TPSA) is 24.5 Å². The van der Waals surface area contributed by atoms with E-state index in [2.05, 4.69) is 37.9 Å². The first-order chi connectivity index (χ1) is 9.09. The van der Waals surface area contributed by atoms with Crippen LogP contribution in [0.5, 0.6) is 0 Å². The maximum atomic E-state index is 5.92. The first kappa shape index (κ1) is 15.3. The quantitative estimate of drug-likeness (QED) is 0.801. The minimum absolute atomic E-state index is 0.520. The van der Waals surface area contributed by atoms with E-state index in [0.717, 1.165) is 32.2 Å². The molecule has 4 unspecified atom stereocenters. The van der Waals surface area contributed by atoms with Crippen molar-refractivity contribution < 1.29 is 4.74 Å². The van der Waals surface area contributed by atoms with Crippen LogP contribution < -0.4 is 5.32 Å². The van der Waals surface area contributed by atoms with Crippen molar-refractivity contribution in [2.24, 2.45) is 11.8 Å². The van der Waals surface area contributed by atoms with Gasteiger partial charge in [-0.05, 0) is 51.1 Å². The van der Waals surface area contributed by atoms with Crippen LogP contribution in [0.15, 0.2) is 0 Å². The molecule has 3 nitrogen and oxygen atoms in total. The lowest BCUT2D eigenvalue weighted by Crippen LogP contribution is -2.54. The van der Waals surface area contributed by atoms with Crippen molar-refractivity contribution in [3.63, 3.8) is 0 Å². The molecule has 0 aromatic heterocycles. The highest BCUT2D eigenvalue weighted by Gasteiger charge is 2.38. The van der Waals surface area contributed by atoms with Gasteiger partial charge in [0.25, 0.3) is 0 Å². The maximum Gasteiger partial charge on any atom is 0.0731 e. The molecule has 1 N–H and O–H groups in total. The highest BCUT2D eigenvalue weighted by atomic mass is 16.5. The van der Waals surface area contributed by atoms with Crippen molar-refractivity contribution in [1.82, 2.24) is 10.2 Å². The molecule has 0 radical (unpaired) electrons. The van der Waals surface area contributed by atoms with Gasteiger partial charge < -0.3 is 10.1 Å². The molecule has 3 heteroatoms. The molecule has 0 aromatic carbocycles. The summed E-state index contributed by atoms with van der Waals surface area (Å²) in [4.78, 5) is 2.73. The second-order valence-electron chi connectivity index (χ2n) is 6.92. The van der Waals surface area contributed by atoms with Crippen LogP contribution in [0.4, 0.5) is 0 Å². The molecule has 112 valence electrons. The predicted molar refractivity (Wildman–Crippen MR) is 80.4 cm³/mol. The Kier molecular flexibility index (Phi) is 5.67. The molecule has 1 heterocycles. The van der Waals surface area contributed by atoms with Gasteiger partial charge in [0.05, 0.1) is 12.7 Å². The van der Waals surface area contributed by atoms with E-state index >= 15 is 0 Å². The molecule has 2 aliphatic rings. The van der Waals surface area contributed by atoms with Gasteiger partial charge in [-0.15, -0.1) is 0 Å². The predicted octanol–water partition coefficient (Wildman–Crippen LogP) is 2.51. The van der Waals surface area contributed by atoms with Crippen LogP contribution in [-0.4, -0.2) is 49.3 Å². The average molecular weight is 268 g/mol. The molecule has 0 amide bonds. The van der Waals surface area contributed by atoms with Crippen molar-refractivity contribution in [3.8, 4) is 0 Å². The van der Waals surface area contributed by atoms with E-state index in [1.165, 1.54) is 19.3 Å². The Labute approximate surface area is 119 Å². The molecule has 1 saturated heterocycles. The van der Waals surface area contributed by atoms with E-state index in [4.69, 9.17) is 4.74 Å².